The molecule has 0 radical (unpaired) electrons. The highest BCUT2D eigenvalue weighted by Gasteiger charge is 2.08. The normalized spacial score (nSPS) is 10.0. The average Bonchev–Trinajstić information content (AvgIpc) is 2.42. The van der Waals surface area contributed by atoms with Gasteiger partial charge in [0, 0.05) is 14.8 Å². The Morgan fingerprint density at radius 2 is 1.85 bits per heavy atom. The molecule has 0 bridgehead atoms. The topological polar surface area (TPSA) is 61.1 Å². The van der Waals surface area contributed by atoms with E-state index in [4.69, 9.17) is 22.0 Å². The van der Waals surface area contributed by atoms with Crippen molar-refractivity contribution >= 4 is 29.3 Å². The molecule has 0 unspecified atom stereocenters. The summed E-state index contributed by atoms with van der Waals surface area (Å²) >= 11 is 7.32. The van der Waals surface area contributed by atoms with E-state index in [1.807, 2.05) is 24.3 Å². The summed E-state index contributed by atoms with van der Waals surface area (Å²) in [4.78, 5) is 12.6. The van der Waals surface area contributed by atoms with Crippen LogP contribution < -0.4 is 0 Å². The van der Waals surface area contributed by atoms with Gasteiger partial charge >= 0.3 is 5.97 Å². The largest absolute Gasteiger partial charge is 0.481 e. The van der Waals surface area contributed by atoms with Crippen LogP contribution in [0.15, 0.2) is 52.3 Å². The molecule has 2 aromatic carbocycles. The molecule has 0 fully saturated rings. The molecule has 0 aliphatic carbocycles. The highest BCUT2D eigenvalue weighted by Crippen LogP contribution is 2.30. The average molecular weight is 304 g/mol. The first kappa shape index (κ1) is 14.4. The number of carbonyl (C=O) groups is 1. The summed E-state index contributed by atoms with van der Waals surface area (Å²) in [5, 5.41) is 18.5. The molecule has 0 heterocycles. The predicted molar refractivity (Wildman–Crippen MR) is 78.1 cm³/mol. The lowest BCUT2D eigenvalue weighted by Gasteiger charge is -2.05. The van der Waals surface area contributed by atoms with Crippen molar-refractivity contribution in [2.45, 2.75) is 16.2 Å². The first-order chi connectivity index (χ1) is 9.58. The van der Waals surface area contributed by atoms with Crippen molar-refractivity contribution in [3.8, 4) is 6.07 Å². The Bertz CT molecular complexity index is 677. The number of halogens is 1. The van der Waals surface area contributed by atoms with Gasteiger partial charge in [-0.2, -0.15) is 5.26 Å². The third kappa shape index (κ3) is 3.77. The standard InChI is InChI=1S/C15H10ClNO2S/c16-12-2-5-13(6-3-12)20-14-4-1-10(8-15(18)19)11(7-14)9-17/h1-7H,8H2,(H,18,19). The number of carboxylic acid groups (broad SMARTS) is 1. The summed E-state index contributed by atoms with van der Waals surface area (Å²) in [5.74, 6) is -0.945. The number of benzene rings is 2. The van der Waals surface area contributed by atoms with Crippen LogP contribution in [0.4, 0.5) is 0 Å². The van der Waals surface area contributed by atoms with Crippen molar-refractivity contribution in [2.24, 2.45) is 0 Å². The van der Waals surface area contributed by atoms with Crippen LogP contribution in [0.2, 0.25) is 5.02 Å². The van der Waals surface area contributed by atoms with E-state index in [9.17, 15) is 4.79 Å². The van der Waals surface area contributed by atoms with E-state index in [2.05, 4.69) is 0 Å². The van der Waals surface area contributed by atoms with Crippen molar-refractivity contribution < 1.29 is 9.90 Å². The lowest BCUT2D eigenvalue weighted by atomic mass is 10.1. The zero-order chi connectivity index (χ0) is 14.5. The summed E-state index contributed by atoms with van der Waals surface area (Å²) in [5.41, 5.74) is 0.923. The Morgan fingerprint density at radius 1 is 1.20 bits per heavy atom. The molecule has 0 saturated heterocycles. The zero-order valence-corrected chi connectivity index (χ0v) is 11.9. The molecule has 5 heteroatoms. The molecule has 0 saturated carbocycles. The minimum absolute atomic E-state index is 0.144. The van der Waals surface area contributed by atoms with E-state index in [1.165, 1.54) is 11.8 Å². The minimum atomic E-state index is -0.945. The summed E-state index contributed by atoms with van der Waals surface area (Å²) in [6.07, 6.45) is -0.144. The molecule has 0 aromatic heterocycles. The van der Waals surface area contributed by atoms with Crippen LogP contribution in [0, 0.1) is 11.3 Å². The van der Waals surface area contributed by atoms with Crippen molar-refractivity contribution in [2.75, 3.05) is 0 Å². The molecule has 1 N–H and O–H groups in total. The van der Waals surface area contributed by atoms with Crippen LogP contribution in [0.25, 0.3) is 0 Å². The van der Waals surface area contributed by atoms with Crippen molar-refractivity contribution in [3.05, 3.63) is 58.6 Å². The van der Waals surface area contributed by atoms with E-state index in [0.717, 1.165) is 9.79 Å². The Morgan fingerprint density at radius 3 is 2.45 bits per heavy atom. The summed E-state index contributed by atoms with van der Waals surface area (Å²) in [6, 6.07) is 14.6. The highest BCUT2D eigenvalue weighted by atomic mass is 35.5. The van der Waals surface area contributed by atoms with Crippen LogP contribution in [0.3, 0.4) is 0 Å². The molecule has 0 amide bonds. The highest BCUT2D eigenvalue weighted by molar-refractivity contribution is 7.99. The van der Waals surface area contributed by atoms with Crippen molar-refractivity contribution in [1.29, 1.82) is 5.26 Å². The number of nitriles is 1. The molecule has 0 aliphatic heterocycles. The molecule has 2 rings (SSSR count). The maximum Gasteiger partial charge on any atom is 0.307 e. The smallest absolute Gasteiger partial charge is 0.307 e. The SMILES string of the molecule is N#Cc1cc(Sc2ccc(Cl)cc2)ccc1CC(=O)O. The van der Waals surface area contributed by atoms with Crippen LogP contribution >= 0.6 is 23.4 Å². The zero-order valence-electron chi connectivity index (χ0n) is 10.3. The molecule has 2 aromatic rings. The predicted octanol–water partition coefficient (Wildman–Crippen LogP) is 3.99. The van der Waals surface area contributed by atoms with Crippen LogP contribution in [-0.2, 0) is 11.2 Å². The molecular weight excluding hydrogens is 294 g/mol. The molecule has 0 aliphatic rings. The van der Waals surface area contributed by atoms with Gasteiger partial charge in [0.2, 0.25) is 0 Å². The Balaban J connectivity index is 2.23. The van der Waals surface area contributed by atoms with Crippen LogP contribution in [0.5, 0.6) is 0 Å². The van der Waals surface area contributed by atoms with Gasteiger partial charge in [-0.1, -0.05) is 29.4 Å². The van der Waals surface area contributed by atoms with Gasteiger partial charge < -0.3 is 5.11 Å². The van der Waals surface area contributed by atoms with Gasteiger partial charge in [-0.25, -0.2) is 0 Å². The monoisotopic (exact) mass is 303 g/mol. The van der Waals surface area contributed by atoms with Gasteiger partial charge in [0.15, 0.2) is 0 Å². The third-order valence-electron chi connectivity index (χ3n) is 2.59. The summed E-state index contributed by atoms with van der Waals surface area (Å²) in [7, 11) is 0. The lowest BCUT2D eigenvalue weighted by molar-refractivity contribution is -0.136. The van der Waals surface area contributed by atoms with E-state index < -0.39 is 5.97 Å². The number of hydrogen-bond donors (Lipinski definition) is 1. The fourth-order valence-corrected chi connectivity index (χ4v) is 2.66. The second kappa shape index (κ2) is 6.47. The van der Waals surface area contributed by atoms with Crippen molar-refractivity contribution in [1.82, 2.24) is 0 Å². The second-order valence-corrected chi connectivity index (χ2v) is 5.64. The maximum atomic E-state index is 10.7. The minimum Gasteiger partial charge on any atom is -0.481 e. The first-order valence-electron chi connectivity index (χ1n) is 5.77. The number of nitrogens with zero attached hydrogens (tertiary/aromatic N) is 1. The summed E-state index contributed by atoms with van der Waals surface area (Å²) < 4.78 is 0. The molecule has 100 valence electrons. The van der Waals surface area contributed by atoms with Gasteiger partial charge in [0.25, 0.3) is 0 Å². The lowest BCUT2D eigenvalue weighted by Crippen LogP contribution is -2.02. The Kier molecular flexibility index (Phi) is 4.67. The molecule has 3 nitrogen and oxygen atoms in total. The van der Waals surface area contributed by atoms with Crippen LogP contribution in [0.1, 0.15) is 11.1 Å². The Hall–Kier alpha value is -1.96. The van der Waals surface area contributed by atoms with E-state index in [0.29, 0.717) is 16.1 Å². The molecular formula is C15H10ClNO2S. The quantitative estimate of drug-likeness (QED) is 0.927. The van der Waals surface area contributed by atoms with E-state index in [1.54, 1.807) is 24.3 Å². The Labute approximate surface area is 125 Å². The summed E-state index contributed by atoms with van der Waals surface area (Å²) in [6.45, 7) is 0. The number of hydrogen-bond acceptors (Lipinski definition) is 3. The number of carboxylic acids is 1. The molecule has 0 spiro atoms. The van der Waals surface area contributed by atoms with Gasteiger partial charge in [0.05, 0.1) is 18.1 Å². The van der Waals surface area contributed by atoms with E-state index in [-0.39, 0.29) is 6.42 Å². The second-order valence-electron chi connectivity index (χ2n) is 4.06. The van der Waals surface area contributed by atoms with Gasteiger partial charge in [-0.3, -0.25) is 4.79 Å². The molecule has 0 atom stereocenters. The van der Waals surface area contributed by atoms with Gasteiger partial charge in [-0.05, 0) is 42.0 Å². The fourth-order valence-electron chi connectivity index (χ4n) is 1.68. The van der Waals surface area contributed by atoms with Gasteiger partial charge in [-0.15, -0.1) is 0 Å². The maximum absolute atomic E-state index is 10.7. The van der Waals surface area contributed by atoms with Crippen LogP contribution in [-0.4, -0.2) is 11.1 Å². The van der Waals surface area contributed by atoms with Gasteiger partial charge in [0.1, 0.15) is 0 Å². The third-order valence-corrected chi connectivity index (χ3v) is 3.84. The number of aliphatic carboxylic acids is 1. The van der Waals surface area contributed by atoms with E-state index >= 15 is 0 Å². The first-order valence-corrected chi connectivity index (χ1v) is 6.96. The fraction of sp³-hybridized carbons (Fsp3) is 0.0667. The van der Waals surface area contributed by atoms with Crippen molar-refractivity contribution in [3.63, 3.8) is 0 Å². The number of rotatable bonds is 4. The molecule has 20 heavy (non-hydrogen) atoms.